The first-order chi connectivity index (χ1) is 8.05. The minimum Gasteiger partial charge on any atom is -0.494 e. The van der Waals surface area contributed by atoms with Crippen molar-refractivity contribution in [2.75, 3.05) is 13.7 Å². The molecule has 94 valence electrons. The lowest BCUT2D eigenvalue weighted by atomic mass is 9.99. The zero-order chi connectivity index (χ0) is 12.5. The summed E-state index contributed by atoms with van der Waals surface area (Å²) in [6, 6.07) is 2.38. The highest BCUT2D eigenvalue weighted by molar-refractivity contribution is 5.32. The Morgan fingerprint density at radius 3 is 2.71 bits per heavy atom. The Balaban J connectivity index is 2.29. The first kappa shape index (κ1) is 12.2. The Hall–Kier alpha value is -1.23. The number of ether oxygens (including phenoxy) is 1. The van der Waals surface area contributed by atoms with Gasteiger partial charge in [-0.3, -0.25) is 0 Å². The van der Waals surface area contributed by atoms with Gasteiger partial charge in [-0.15, -0.1) is 0 Å². The van der Waals surface area contributed by atoms with E-state index >= 15 is 0 Å². The molecule has 1 N–H and O–H groups in total. The molecule has 0 aromatic heterocycles. The summed E-state index contributed by atoms with van der Waals surface area (Å²) in [7, 11) is 1.30. The maximum absolute atomic E-state index is 14.0. The summed E-state index contributed by atoms with van der Waals surface area (Å²) in [5.74, 6) is -3.84. The topological polar surface area (TPSA) is 21.3 Å². The van der Waals surface area contributed by atoms with Gasteiger partial charge in [0.25, 0.3) is 5.92 Å². The highest BCUT2D eigenvalue weighted by Gasteiger charge is 2.42. The number of halogens is 3. The maximum Gasteiger partial charge on any atom is 0.288 e. The molecule has 0 amide bonds. The van der Waals surface area contributed by atoms with Gasteiger partial charge in [-0.25, -0.2) is 4.39 Å². The van der Waals surface area contributed by atoms with Crippen LogP contribution in [-0.2, 0) is 5.92 Å². The third-order valence-electron chi connectivity index (χ3n) is 3.03. The highest BCUT2D eigenvalue weighted by Crippen LogP contribution is 2.36. The molecule has 17 heavy (non-hydrogen) atoms. The molecule has 0 spiro atoms. The van der Waals surface area contributed by atoms with Gasteiger partial charge in [0, 0.05) is 5.56 Å². The molecule has 0 radical (unpaired) electrons. The van der Waals surface area contributed by atoms with Crippen molar-refractivity contribution in [3.05, 3.63) is 29.6 Å². The third kappa shape index (κ3) is 2.24. The number of hydrogen-bond acceptors (Lipinski definition) is 2. The molecule has 2 nitrogen and oxygen atoms in total. The molecule has 1 atom stereocenters. The average Bonchev–Trinajstić information content (AvgIpc) is 2.83. The smallest absolute Gasteiger partial charge is 0.288 e. The van der Waals surface area contributed by atoms with Gasteiger partial charge in [0.15, 0.2) is 11.6 Å². The van der Waals surface area contributed by atoms with Crippen LogP contribution in [-0.4, -0.2) is 19.7 Å². The van der Waals surface area contributed by atoms with E-state index in [0.717, 1.165) is 12.5 Å². The largest absolute Gasteiger partial charge is 0.494 e. The Kier molecular flexibility index (Phi) is 3.28. The molecule has 1 saturated heterocycles. The lowest BCUT2D eigenvalue weighted by Crippen LogP contribution is -2.38. The summed E-state index contributed by atoms with van der Waals surface area (Å²) in [4.78, 5) is 0. The lowest BCUT2D eigenvalue weighted by molar-refractivity contribution is -0.0379. The number of hydrogen-bond donors (Lipinski definition) is 1. The minimum absolute atomic E-state index is 0.0241. The van der Waals surface area contributed by atoms with Crippen LogP contribution < -0.4 is 10.1 Å². The normalized spacial score (nSPS) is 20.6. The first-order valence-electron chi connectivity index (χ1n) is 5.51. The number of benzene rings is 1. The van der Waals surface area contributed by atoms with Gasteiger partial charge in [-0.1, -0.05) is 0 Å². The summed E-state index contributed by atoms with van der Waals surface area (Å²) in [5, 5.41) is 2.74. The molecule has 1 aliphatic rings. The van der Waals surface area contributed by atoms with Gasteiger partial charge in [-0.2, -0.15) is 8.78 Å². The van der Waals surface area contributed by atoms with Gasteiger partial charge in [-0.05, 0) is 37.6 Å². The fourth-order valence-electron chi connectivity index (χ4n) is 2.07. The monoisotopic (exact) mass is 245 g/mol. The van der Waals surface area contributed by atoms with Crippen LogP contribution in [0.25, 0.3) is 0 Å². The molecular formula is C12H14F3NO. The Labute approximate surface area is 97.8 Å². The van der Waals surface area contributed by atoms with Gasteiger partial charge in [0.1, 0.15) is 0 Å². The summed E-state index contributed by atoms with van der Waals surface area (Å²) in [6.07, 6.45) is 1.12. The average molecular weight is 245 g/mol. The molecule has 1 unspecified atom stereocenters. The molecule has 0 saturated carbocycles. The van der Waals surface area contributed by atoms with Crippen LogP contribution in [0.15, 0.2) is 18.2 Å². The van der Waals surface area contributed by atoms with Crippen LogP contribution >= 0.6 is 0 Å². The second-order valence-electron chi connectivity index (χ2n) is 4.12. The molecular weight excluding hydrogens is 231 g/mol. The number of rotatable bonds is 3. The predicted molar refractivity (Wildman–Crippen MR) is 57.9 cm³/mol. The molecule has 5 heteroatoms. The molecule has 1 fully saturated rings. The third-order valence-corrected chi connectivity index (χ3v) is 3.03. The van der Waals surface area contributed by atoms with Crippen molar-refractivity contribution in [1.82, 2.24) is 5.32 Å². The van der Waals surface area contributed by atoms with E-state index < -0.39 is 17.8 Å². The molecule has 2 rings (SSSR count). The summed E-state index contributed by atoms with van der Waals surface area (Å²) in [6.45, 7) is 0.582. The molecule has 1 aliphatic heterocycles. The van der Waals surface area contributed by atoms with Crippen LogP contribution in [0.4, 0.5) is 13.2 Å². The van der Waals surface area contributed by atoms with E-state index in [4.69, 9.17) is 4.74 Å². The van der Waals surface area contributed by atoms with Crippen molar-refractivity contribution in [2.24, 2.45) is 0 Å². The van der Waals surface area contributed by atoms with Crippen molar-refractivity contribution < 1.29 is 17.9 Å². The number of alkyl halides is 2. The highest BCUT2D eigenvalue weighted by atomic mass is 19.3. The SMILES string of the molecule is COc1ccc(C(F)(F)C2CCCN2)cc1F. The molecule has 0 aliphatic carbocycles. The van der Waals surface area contributed by atoms with Crippen LogP contribution in [0.1, 0.15) is 18.4 Å². The van der Waals surface area contributed by atoms with Crippen molar-refractivity contribution in [1.29, 1.82) is 0 Å². The van der Waals surface area contributed by atoms with E-state index in [1.807, 2.05) is 0 Å². The van der Waals surface area contributed by atoms with Crippen LogP contribution in [0.2, 0.25) is 0 Å². The predicted octanol–water partition coefficient (Wildman–Crippen LogP) is 2.68. The summed E-state index contributed by atoms with van der Waals surface area (Å²) < 4.78 is 46.1. The Morgan fingerprint density at radius 1 is 1.41 bits per heavy atom. The van der Waals surface area contributed by atoms with Crippen molar-refractivity contribution in [3.8, 4) is 5.75 Å². The Bertz CT molecular complexity index is 403. The van der Waals surface area contributed by atoms with Crippen molar-refractivity contribution in [3.63, 3.8) is 0 Å². The van der Waals surface area contributed by atoms with E-state index in [2.05, 4.69) is 5.32 Å². The molecule has 1 aromatic carbocycles. The second kappa shape index (κ2) is 4.56. The standard InChI is InChI=1S/C12H14F3NO/c1-17-10-5-4-8(7-9(10)13)12(14,15)11-3-2-6-16-11/h4-5,7,11,16H,2-3,6H2,1H3. The van der Waals surface area contributed by atoms with Crippen molar-refractivity contribution in [2.45, 2.75) is 24.8 Å². The van der Waals surface area contributed by atoms with Gasteiger partial charge >= 0.3 is 0 Å². The maximum atomic E-state index is 14.0. The summed E-state index contributed by atoms with van der Waals surface area (Å²) in [5.41, 5.74) is -0.310. The second-order valence-corrected chi connectivity index (χ2v) is 4.12. The fourth-order valence-corrected chi connectivity index (χ4v) is 2.07. The first-order valence-corrected chi connectivity index (χ1v) is 5.51. The van der Waals surface area contributed by atoms with Crippen LogP contribution in [0.3, 0.4) is 0 Å². The van der Waals surface area contributed by atoms with Gasteiger partial charge in [0.2, 0.25) is 0 Å². The van der Waals surface area contributed by atoms with E-state index in [1.54, 1.807) is 0 Å². The van der Waals surface area contributed by atoms with Gasteiger partial charge in [0.05, 0.1) is 13.2 Å². The quantitative estimate of drug-likeness (QED) is 0.884. The molecule has 1 heterocycles. The number of methoxy groups -OCH3 is 1. The summed E-state index contributed by atoms with van der Waals surface area (Å²) >= 11 is 0. The fraction of sp³-hybridized carbons (Fsp3) is 0.500. The van der Waals surface area contributed by atoms with E-state index in [-0.39, 0.29) is 11.3 Å². The van der Waals surface area contributed by atoms with Crippen LogP contribution in [0.5, 0.6) is 5.75 Å². The minimum atomic E-state index is -3.05. The van der Waals surface area contributed by atoms with E-state index in [1.165, 1.54) is 19.2 Å². The van der Waals surface area contributed by atoms with E-state index in [0.29, 0.717) is 13.0 Å². The molecule has 0 bridgehead atoms. The zero-order valence-electron chi connectivity index (χ0n) is 9.47. The Morgan fingerprint density at radius 2 is 2.18 bits per heavy atom. The zero-order valence-corrected chi connectivity index (χ0v) is 9.47. The van der Waals surface area contributed by atoms with Crippen LogP contribution in [0, 0.1) is 5.82 Å². The van der Waals surface area contributed by atoms with Crippen molar-refractivity contribution >= 4 is 0 Å². The van der Waals surface area contributed by atoms with Gasteiger partial charge < -0.3 is 10.1 Å². The number of nitrogens with one attached hydrogen (secondary N) is 1. The lowest BCUT2D eigenvalue weighted by Gasteiger charge is -2.24. The van der Waals surface area contributed by atoms with E-state index in [9.17, 15) is 13.2 Å². The molecule has 1 aromatic rings.